The van der Waals surface area contributed by atoms with Gasteiger partial charge in [0.25, 0.3) is 0 Å². The van der Waals surface area contributed by atoms with Crippen molar-refractivity contribution in [2.75, 3.05) is 16.8 Å². The van der Waals surface area contributed by atoms with Gasteiger partial charge in [-0.1, -0.05) is 25.0 Å². The first kappa shape index (κ1) is 14.9. The number of benzene rings is 1. The van der Waals surface area contributed by atoms with Crippen LogP contribution in [0.5, 0.6) is 5.75 Å². The molecular weight excluding hydrogens is 307 g/mol. The van der Waals surface area contributed by atoms with Crippen LogP contribution in [0.3, 0.4) is 0 Å². The molecule has 1 aliphatic carbocycles. The van der Waals surface area contributed by atoms with Gasteiger partial charge in [0, 0.05) is 30.4 Å². The molecule has 5 nitrogen and oxygen atoms in total. The second-order valence-electron chi connectivity index (χ2n) is 6.25. The van der Waals surface area contributed by atoms with Crippen molar-refractivity contribution in [3.8, 4) is 5.75 Å². The van der Waals surface area contributed by atoms with Crippen molar-refractivity contribution in [2.45, 2.75) is 31.7 Å². The van der Waals surface area contributed by atoms with Gasteiger partial charge in [0.1, 0.15) is 17.4 Å². The van der Waals surface area contributed by atoms with Gasteiger partial charge in [0.15, 0.2) is 0 Å². The maximum Gasteiger partial charge on any atom is 0.229 e. The summed E-state index contributed by atoms with van der Waals surface area (Å²) in [6, 6.07) is 4.48. The second kappa shape index (κ2) is 6.11. The Morgan fingerprint density at radius 2 is 2.08 bits per heavy atom. The number of fused-ring (bicyclic) bond motifs is 1. The van der Waals surface area contributed by atoms with Gasteiger partial charge in [-0.2, -0.15) is 4.98 Å². The van der Waals surface area contributed by atoms with Crippen LogP contribution >= 0.6 is 0 Å². The van der Waals surface area contributed by atoms with Crippen LogP contribution in [0.15, 0.2) is 30.5 Å². The van der Waals surface area contributed by atoms with Crippen LogP contribution in [-0.4, -0.2) is 27.7 Å². The maximum atomic E-state index is 13.9. The summed E-state index contributed by atoms with van der Waals surface area (Å²) >= 11 is 0. The van der Waals surface area contributed by atoms with E-state index < -0.39 is 5.82 Å². The third-order valence-electron chi connectivity index (χ3n) is 4.63. The molecule has 0 saturated heterocycles. The first-order valence-electron chi connectivity index (χ1n) is 8.26. The van der Waals surface area contributed by atoms with Crippen LogP contribution in [0.25, 0.3) is 6.08 Å². The molecule has 0 atom stereocenters. The molecule has 2 aliphatic rings. The zero-order chi connectivity index (χ0) is 16.5. The van der Waals surface area contributed by atoms with Crippen LogP contribution in [-0.2, 0) is 0 Å². The molecule has 24 heavy (non-hydrogen) atoms. The van der Waals surface area contributed by atoms with E-state index in [0.29, 0.717) is 12.0 Å². The number of aromatic hydroxyl groups is 1. The smallest absolute Gasteiger partial charge is 0.229 e. The largest absolute Gasteiger partial charge is 0.508 e. The van der Waals surface area contributed by atoms with Crippen LogP contribution in [0.4, 0.5) is 21.8 Å². The third-order valence-corrected chi connectivity index (χ3v) is 4.63. The molecule has 1 aromatic carbocycles. The number of halogens is 1. The fourth-order valence-electron chi connectivity index (χ4n) is 3.43. The topological polar surface area (TPSA) is 61.3 Å². The second-order valence-corrected chi connectivity index (χ2v) is 6.25. The fraction of sp³-hybridized carbons (Fsp3) is 0.333. The Hall–Kier alpha value is -2.63. The zero-order valence-electron chi connectivity index (χ0n) is 13.2. The molecular formula is C18H19FN4O. The van der Waals surface area contributed by atoms with Crippen molar-refractivity contribution in [2.24, 2.45) is 0 Å². The molecule has 2 N–H and O–H groups in total. The van der Waals surface area contributed by atoms with E-state index in [2.05, 4.69) is 26.3 Å². The summed E-state index contributed by atoms with van der Waals surface area (Å²) in [7, 11) is 0. The summed E-state index contributed by atoms with van der Waals surface area (Å²) < 4.78 is 13.9. The lowest BCUT2D eigenvalue weighted by atomic mass is 10.1. The first-order chi connectivity index (χ1) is 11.7. The molecule has 0 unspecified atom stereocenters. The van der Waals surface area contributed by atoms with Gasteiger partial charge >= 0.3 is 0 Å². The summed E-state index contributed by atoms with van der Waals surface area (Å²) in [5.74, 6) is 0.614. The summed E-state index contributed by atoms with van der Waals surface area (Å²) in [4.78, 5) is 11.2. The van der Waals surface area contributed by atoms with Crippen molar-refractivity contribution < 1.29 is 9.50 Å². The average molecular weight is 326 g/mol. The van der Waals surface area contributed by atoms with Crippen molar-refractivity contribution in [3.63, 3.8) is 0 Å². The van der Waals surface area contributed by atoms with Gasteiger partial charge in [0.05, 0.1) is 5.69 Å². The highest BCUT2D eigenvalue weighted by Gasteiger charge is 2.26. The van der Waals surface area contributed by atoms with E-state index in [9.17, 15) is 9.50 Å². The number of hydrogen-bond donors (Lipinski definition) is 2. The van der Waals surface area contributed by atoms with Crippen molar-refractivity contribution in [3.05, 3.63) is 41.9 Å². The number of phenols is 1. The van der Waals surface area contributed by atoms with Gasteiger partial charge in [0.2, 0.25) is 5.95 Å². The van der Waals surface area contributed by atoms with E-state index >= 15 is 0 Å². The molecule has 1 saturated carbocycles. The van der Waals surface area contributed by atoms with Crippen LogP contribution in [0.1, 0.15) is 31.2 Å². The maximum absolute atomic E-state index is 13.9. The molecule has 6 heteroatoms. The number of nitrogens with zero attached hydrogens (tertiary/aromatic N) is 3. The summed E-state index contributed by atoms with van der Waals surface area (Å²) in [5, 5.41) is 12.2. The summed E-state index contributed by atoms with van der Waals surface area (Å²) in [6.45, 7) is 0.849. The molecule has 1 aromatic heterocycles. The number of phenolic OH excluding ortho intramolecular Hbond substituents is 1. The fourth-order valence-corrected chi connectivity index (χ4v) is 3.43. The minimum atomic E-state index is -0.538. The molecule has 2 aromatic rings. The number of aromatic nitrogens is 2. The van der Waals surface area contributed by atoms with Gasteiger partial charge in [-0.3, -0.25) is 0 Å². The lowest BCUT2D eigenvalue weighted by Crippen LogP contribution is -2.36. The molecule has 124 valence electrons. The normalized spacial score (nSPS) is 17.1. The number of nitrogens with one attached hydrogen (secondary N) is 1. The van der Waals surface area contributed by atoms with E-state index in [4.69, 9.17) is 0 Å². The lowest BCUT2D eigenvalue weighted by molar-refractivity contribution is 0.469. The number of anilines is 3. The van der Waals surface area contributed by atoms with Crippen molar-refractivity contribution in [1.29, 1.82) is 0 Å². The molecule has 1 fully saturated rings. The molecule has 1 aliphatic heterocycles. The first-order valence-corrected chi connectivity index (χ1v) is 8.26. The number of rotatable bonds is 3. The van der Waals surface area contributed by atoms with E-state index in [1.807, 2.05) is 6.08 Å². The predicted octanol–water partition coefficient (Wildman–Crippen LogP) is 3.84. The summed E-state index contributed by atoms with van der Waals surface area (Å²) in [5.41, 5.74) is 1.23. The molecule has 0 radical (unpaired) electrons. The number of hydrogen-bond acceptors (Lipinski definition) is 5. The Balaban J connectivity index is 1.64. The Labute approximate surface area is 139 Å². The van der Waals surface area contributed by atoms with Gasteiger partial charge in [-0.25, -0.2) is 9.37 Å². The molecule has 0 amide bonds. The Bertz CT molecular complexity index is 787. The predicted molar refractivity (Wildman–Crippen MR) is 92.0 cm³/mol. The molecule has 4 rings (SSSR count). The van der Waals surface area contributed by atoms with E-state index in [-0.39, 0.29) is 11.4 Å². The monoisotopic (exact) mass is 326 g/mol. The lowest BCUT2D eigenvalue weighted by Gasteiger charge is -2.32. The molecule has 2 heterocycles. The van der Waals surface area contributed by atoms with E-state index in [0.717, 1.165) is 24.0 Å². The SMILES string of the molecule is Oc1ccc(Nc2ncc3c(n2)N(C2CCCC2)CC=C3)c(F)c1. The van der Waals surface area contributed by atoms with E-state index in [1.54, 1.807) is 6.20 Å². The van der Waals surface area contributed by atoms with Crippen LogP contribution < -0.4 is 10.2 Å². The van der Waals surface area contributed by atoms with Gasteiger partial charge in [-0.15, -0.1) is 0 Å². The van der Waals surface area contributed by atoms with E-state index in [1.165, 1.54) is 37.8 Å². The van der Waals surface area contributed by atoms with Gasteiger partial charge < -0.3 is 15.3 Å². The highest BCUT2D eigenvalue weighted by molar-refractivity contribution is 5.69. The molecule has 0 spiro atoms. The summed E-state index contributed by atoms with van der Waals surface area (Å²) in [6.07, 6.45) is 10.8. The van der Waals surface area contributed by atoms with Crippen molar-refractivity contribution in [1.82, 2.24) is 9.97 Å². The zero-order valence-corrected chi connectivity index (χ0v) is 13.2. The minimum absolute atomic E-state index is 0.109. The van der Waals surface area contributed by atoms with Crippen LogP contribution in [0, 0.1) is 5.82 Å². The minimum Gasteiger partial charge on any atom is -0.508 e. The van der Waals surface area contributed by atoms with Crippen LogP contribution in [0.2, 0.25) is 0 Å². The Morgan fingerprint density at radius 3 is 2.88 bits per heavy atom. The highest BCUT2D eigenvalue weighted by Crippen LogP contribution is 2.32. The van der Waals surface area contributed by atoms with Gasteiger partial charge in [-0.05, 0) is 25.0 Å². The third kappa shape index (κ3) is 2.79. The standard InChI is InChI=1S/C18H19FN4O/c19-15-10-14(24)7-8-16(15)21-18-20-11-12-4-3-9-23(17(12)22-18)13-5-1-2-6-13/h3-4,7-8,10-11,13,24H,1-2,5-6,9H2,(H,20,21,22). The molecule has 0 bridgehead atoms. The Morgan fingerprint density at radius 1 is 1.25 bits per heavy atom. The highest BCUT2D eigenvalue weighted by atomic mass is 19.1. The average Bonchev–Trinajstić information content (AvgIpc) is 3.11. The quantitative estimate of drug-likeness (QED) is 0.839. The van der Waals surface area contributed by atoms with Crippen molar-refractivity contribution >= 4 is 23.5 Å². The Kier molecular flexibility index (Phi) is 3.80.